The van der Waals surface area contributed by atoms with Gasteiger partial charge >= 0.3 is 5.69 Å². The number of ether oxygens (including phenoxy) is 2. The van der Waals surface area contributed by atoms with E-state index in [2.05, 4.69) is 20.6 Å². The summed E-state index contributed by atoms with van der Waals surface area (Å²) in [6.45, 7) is 0. The maximum atomic E-state index is 12.1. The minimum atomic E-state index is -0.419. The van der Waals surface area contributed by atoms with Crippen LogP contribution < -0.4 is 20.1 Å². The van der Waals surface area contributed by atoms with Gasteiger partial charge in [-0.1, -0.05) is 0 Å². The molecule has 9 nitrogen and oxygen atoms in total. The van der Waals surface area contributed by atoms with Crippen LogP contribution in [0.5, 0.6) is 11.5 Å². The van der Waals surface area contributed by atoms with Gasteiger partial charge in [0.25, 0.3) is 0 Å². The molecular formula is C22H27N5O4. The highest BCUT2D eigenvalue weighted by Gasteiger charge is 2.51. The summed E-state index contributed by atoms with van der Waals surface area (Å²) in [5.41, 5.74) is 0.284. The average Bonchev–Trinajstić information content (AvgIpc) is 2.72. The molecule has 4 bridgehead atoms. The lowest BCUT2D eigenvalue weighted by Crippen LogP contribution is -2.55. The summed E-state index contributed by atoms with van der Waals surface area (Å²) in [4.78, 5) is 20.1. The second-order valence-electron chi connectivity index (χ2n) is 9.19. The first kappa shape index (κ1) is 19.8. The Bertz CT molecular complexity index is 976. The monoisotopic (exact) mass is 425 g/mol. The molecule has 0 atom stereocenters. The van der Waals surface area contributed by atoms with Crippen LogP contribution in [0.15, 0.2) is 24.5 Å². The van der Waals surface area contributed by atoms with Gasteiger partial charge in [-0.15, -0.1) is 0 Å². The van der Waals surface area contributed by atoms with E-state index in [4.69, 9.17) is 9.47 Å². The number of rotatable bonds is 7. The largest absolute Gasteiger partial charge is 0.497 e. The van der Waals surface area contributed by atoms with Crippen LogP contribution in [-0.4, -0.2) is 34.6 Å². The standard InChI is InChI=1S/C22H27N5O4/c1-30-16-3-4-18(31-2)17(8-16)25-20-19(27(28)29)21(24-12-23-20)26-22-9-13-5-14(10-22)7-15(6-13)11-22/h3-4,8,12-15H,5-7,9-11H2,1-2H3,(H2,23,24,25,26). The molecule has 2 N–H and O–H groups in total. The van der Waals surface area contributed by atoms with Gasteiger partial charge in [-0.3, -0.25) is 10.1 Å². The molecule has 0 amide bonds. The Hall–Kier alpha value is -3.10. The first-order valence-corrected chi connectivity index (χ1v) is 10.8. The van der Waals surface area contributed by atoms with E-state index >= 15 is 0 Å². The molecule has 4 fully saturated rings. The number of nitrogens with one attached hydrogen (secondary N) is 2. The molecule has 0 saturated heterocycles. The topological polar surface area (TPSA) is 111 Å². The molecular weight excluding hydrogens is 398 g/mol. The molecule has 6 rings (SSSR count). The zero-order valence-corrected chi connectivity index (χ0v) is 17.8. The van der Waals surface area contributed by atoms with Gasteiger partial charge in [-0.05, 0) is 68.4 Å². The van der Waals surface area contributed by atoms with E-state index in [1.807, 2.05) is 0 Å². The van der Waals surface area contributed by atoms with Crippen LogP contribution in [0.2, 0.25) is 0 Å². The summed E-state index contributed by atoms with van der Waals surface area (Å²) in [6.07, 6.45) is 8.45. The number of nitrogens with zero attached hydrogens (tertiary/aromatic N) is 3. The highest BCUT2D eigenvalue weighted by molar-refractivity contribution is 5.76. The van der Waals surface area contributed by atoms with Crippen LogP contribution in [0.1, 0.15) is 38.5 Å². The van der Waals surface area contributed by atoms with Crippen LogP contribution in [0.25, 0.3) is 0 Å². The molecule has 0 unspecified atom stereocenters. The molecule has 4 aliphatic carbocycles. The fraction of sp³-hybridized carbons (Fsp3) is 0.545. The number of methoxy groups -OCH3 is 2. The van der Waals surface area contributed by atoms with Crippen molar-refractivity contribution in [1.82, 2.24) is 9.97 Å². The Morgan fingerprint density at radius 2 is 1.68 bits per heavy atom. The van der Waals surface area contributed by atoms with E-state index in [1.165, 1.54) is 25.6 Å². The van der Waals surface area contributed by atoms with Crippen LogP contribution in [0.4, 0.5) is 23.0 Å². The molecule has 1 heterocycles. The van der Waals surface area contributed by atoms with E-state index < -0.39 is 4.92 Å². The van der Waals surface area contributed by atoms with Gasteiger partial charge in [0.15, 0.2) is 0 Å². The lowest BCUT2D eigenvalue weighted by Gasteiger charge is -2.57. The molecule has 2 aromatic rings. The van der Waals surface area contributed by atoms with Gasteiger partial charge in [-0.25, -0.2) is 9.97 Å². The highest BCUT2D eigenvalue weighted by atomic mass is 16.6. The van der Waals surface area contributed by atoms with E-state index in [1.54, 1.807) is 32.4 Å². The van der Waals surface area contributed by atoms with Gasteiger partial charge in [0.2, 0.25) is 11.6 Å². The Balaban J connectivity index is 1.48. The SMILES string of the molecule is COc1ccc(OC)c(Nc2ncnc(NC34CC5CC(CC(C5)C3)C4)c2[N+](=O)[O-])c1. The third-order valence-corrected chi connectivity index (χ3v) is 7.09. The summed E-state index contributed by atoms with van der Waals surface area (Å²) in [5.74, 6) is 3.70. The molecule has 164 valence electrons. The van der Waals surface area contributed by atoms with Crippen molar-refractivity contribution in [3.63, 3.8) is 0 Å². The molecule has 4 aliphatic rings. The van der Waals surface area contributed by atoms with Crippen LogP contribution >= 0.6 is 0 Å². The van der Waals surface area contributed by atoms with Crippen molar-refractivity contribution in [3.8, 4) is 11.5 Å². The van der Waals surface area contributed by atoms with Crippen molar-refractivity contribution in [3.05, 3.63) is 34.6 Å². The molecule has 31 heavy (non-hydrogen) atoms. The Morgan fingerprint density at radius 1 is 1.03 bits per heavy atom. The van der Waals surface area contributed by atoms with Crippen molar-refractivity contribution < 1.29 is 14.4 Å². The average molecular weight is 425 g/mol. The van der Waals surface area contributed by atoms with E-state index in [0.717, 1.165) is 37.0 Å². The third kappa shape index (κ3) is 3.62. The Labute approximate surface area is 180 Å². The maximum absolute atomic E-state index is 12.1. The first-order chi connectivity index (χ1) is 15.0. The van der Waals surface area contributed by atoms with Crippen molar-refractivity contribution >= 4 is 23.0 Å². The molecule has 1 aromatic carbocycles. The summed E-state index contributed by atoms with van der Waals surface area (Å²) in [5, 5.41) is 18.7. The lowest BCUT2D eigenvalue weighted by atomic mass is 9.53. The molecule has 0 radical (unpaired) electrons. The first-order valence-electron chi connectivity index (χ1n) is 10.8. The van der Waals surface area contributed by atoms with Gasteiger partial charge in [0.05, 0.1) is 24.8 Å². The number of nitro groups is 1. The third-order valence-electron chi connectivity index (χ3n) is 7.09. The molecule has 1 aromatic heterocycles. The smallest absolute Gasteiger partial charge is 0.353 e. The van der Waals surface area contributed by atoms with Crippen molar-refractivity contribution in [2.45, 2.75) is 44.1 Å². The predicted octanol–water partition coefficient (Wildman–Crippen LogP) is 4.53. The van der Waals surface area contributed by atoms with Crippen molar-refractivity contribution in [1.29, 1.82) is 0 Å². The zero-order valence-electron chi connectivity index (χ0n) is 17.8. The lowest BCUT2D eigenvalue weighted by molar-refractivity contribution is -0.383. The van der Waals surface area contributed by atoms with E-state index in [9.17, 15) is 10.1 Å². The molecule has 0 spiro atoms. The molecule has 4 saturated carbocycles. The number of aromatic nitrogens is 2. The Morgan fingerprint density at radius 3 is 2.26 bits per heavy atom. The van der Waals surface area contributed by atoms with Gasteiger partial charge in [0.1, 0.15) is 17.8 Å². The molecule has 9 heteroatoms. The fourth-order valence-electron chi connectivity index (χ4n) is 6.29. The minimum absolute atomic E-state index is 0.0984. The molecule has 0 aliphatic heterocycles. The van der Waals surface area contributed by atoms with Gasteiger partial charge in [0, 0.05) is 11.6 Å². The number of benzene rings is 1. The summed E-state index contributed by atoms with van der Waals surface area (Å²) < 4.78 is 10.7. The second-order valence-corrected chi connectivity index (χ2v) is 9.19. The number of hydrogen-bond acceptors (Lipinski definition) is 8. The summed E-state index contributed by atoms with van der Waals surface area (Å²) in [6, 6.07) is 5.22. The quantitative estimate of drug-likeness (QED) is 0.492. The zero-order chi connectivity index (χ0) is 21.6. The van der Waals surface area contributed by atoms with Gasteiger partial charge < -0.3 is 20.1 Å². The van der Waals surface area contributed by atoms with Crippen LogP contribution in [-0.2, 0) is 0 Å². The van der Waals surface area contributed by atoms with E-state index in [0.29, 0.717) is 17.2 Å². The minimum Gasteiger partial charge on any atom is -0.497 e. The van der Waals surface area contributed by atoms with E-state index in [-0.39, 0.29) is 22.9 Å². The predicted molar refractivity (Wildman–Crippen MR) is 116 cm³/mol. The normalized spacial score (nSPS) is 28.3. The van der Waals surface area contributed by atoms with Crippen LogP contribution in [0, 0.1) is 27.9 Å². The number of anilines is 3. The summed E-state index contributed by atoms with van der Waals surface area (Å²) >= 11 is 0. The Kier molecular flexibility index (Phi) is 4.83. The second kappa shape index (κ2) is 7.55. The van der Waals surface area contributed by atoms with Crippen molar-refractivity contribution in [2.24, 2.45) is 17.8 Å². The maximum Gasteiger partial charge on any atom is 0.353 e. The van der Waals surface area contributed by atoms with Crippen LogP contribution in [0.3, 0.4) is 0 Å². The fourth-order valence-corrected chi connectivity index (χ4v) is 6.29. The number of hydrogen-bond donors (Lipinski definition) is 2. The highest BCUT2D eigenvalue weighted by Crippen LogP contribution is 2.57. The van der Waals surface area contributed by atoms with Gasteiger partial charge in [-0.2, -0.15) is 0 Å². The summed E-state index contributed by atoms with van der Waals surface area (Å²) in [7, 11) is 3.10. The van der Waals surface area contributed by atoms with Crippen molar-refractivity contribution in [2.75, 3.05) is 24.9 Å².